The van der Waals surface area contributed by atoms with Crippen LogP contribution in [-0.2, 0) is 6.54 Å². The monoisotopic (exact) mass is 393 g/mol. The van der Waals surface area contributed by atoms with Crippen molar-refractivity contribution in [3.05, 3.63) is 52.0 Å². The lowest BCUT2D eigenvalue weighted by Crippen LogP contribution is -2.44. The van der Waals surface area contributed by atoms with Crippen molar-refractivity contribution in [1.29, 1.82) is 0 Å². The van der Waals surface area contributed by atoms with Gasteiger partial charge >= 0.3 is 6.03 Å². The second-order valence-electron chi connectivity index (χ2n) is 6.10. The molecule has 1 aromatic carbocycles. The van der Waals surface area contributed by atoms with Gasteiger partial charge in [-0.2, -0.15) is 0 Å². The second-order valence-corrected chi connectivity index (χ2v) is 7.02. The van der Waals surface area contributed by atoms with E-state index in [1.54, 1.807) is 12.1 Å². The largest absolute Gasteiger partial charge is 0.345 e. The van der Waals surface area contributed by atoms with Crippen LogP contribution >= 0.6 is 15.9 Å². The molecule has 0 saturated carbocycles. The summed E-state index contributed by atoms with van der Waals surface area (Å²) in [6.07, 6.45) is 1.87. The van der Waals surface area contributed by atoms with E-state index in [4.69, 9.17) is 0 Å². The molecule has 1 aromatic heterocycles. The van der Waals surface area contributed by atoms with Gasteiger partial charge in [0.2, 0.25) is 0 Å². The normalized spacial score (nSPS) is 16.8. The van der Waals surface area contributed by atoms with Gasteiger partial charge in [0.05, 0.1) is 11.7 Å². The van der Waals surface area contributed by atoms with Crippen LogP contribution in [0.2, 0.25) is 0 Å². The summed E-state index contributed by atoms with van der Waals surface area (Å²) in [5.74, 6) is -0.444. The number of hydrogen-bond acceptors (Lipinski definition) is 1. The summed E-state index contributed by atoms with van der Waals surface area (Å²) >= 11 is 3.22. The van der Waals surface area contributed by atoms with Gasteiger partial charge in [0.25, 0.3) is 0 Å². The molecule has 0 aliphatic carbocycles. The zero-order chi connectivity index (χ0) is 17.3. The number of nitrogens with zero attached hydrogens (tertiary/aromatic N) is 2. The Morgan fingerprint density at radius 2 is 2.12 bits per heavy atom. The number of amides is 2. The van der Waals surface area contributed by atoms with E-state index < -0.39 is 5.82 Å². The van der Waals surface area contributed by atoms with Crippen molar-refractivity contribution in [2.75, 3.05) is 11.9 Å². The van der Waals surface area contributed by atoms with Crippen LogP contribution in [0, 0.1) is 12.7 Å². The van der Waals surface area contributed by atoms with E-state index in [-0.39, 0.29) is 17.8 Å². The van der Waals surface area contributed by atoms with Gasteiger partial charge in [0.15, 0.2) is 0 Å². The van der Waals surface area contributed by atoms with Crippen molar-refractivity contribution in [1.82, 2.24) is 9.47 Å². The molecule has 1 atom stereocenters. The van der Waals surface area contributed by atoms with Crippen LogP contribution in [-0.4, -0.2) is 22.0 Å². The van der Waals surface area contributed by atoms with Gasteiger partial charge in [-0.25, -0.2) is 9.18 Å². The number of hydrogen-bond donors (Lipinski definition) is 1. The maximum Gasteiger partial charge on any atom is 0.322 e. The number of rotatable bonds is 3. The van der Waals surface area contributed by atoms with Crippen LogP contribution < -0.4 is 5.32 Å². The molecule has 128 valence electrons. The molecule has 24 heavy (non-hydrogen) atoms. The Bertz CT molecular complexity index is 759. The maximum atomic E-state index is 14.0. The fourth-order valence-electron chi connectivity index (χ4n) is 3.31. The number of benzene rings is 1. The molecule has 2 amide bonds. The molecule has 3 rings (SSSR count). The molecule has 2 heterocycles. The standard InChI is InChI=1S/C18H21BrFN3O/c1-3-4-16-17-8-5-12(2)22(17)9-10-23(16)18(24)21-15-7-6-13(19)11-14(15)20/h5-8,11,16H,3-4,9-10H2,1-2H3,(H,21,24)/t16-/m1/s1. The van der Waals surface area contributed by atoms with Crippen LogP contribution in [0.4, 0.5) is 14.9 Å². The van der Waals surface area contributed by atoms with Crippen LogP contribution in [0.1, 0.15) is 37.2 Å². The third kappa shape index (κ3) is 3.20. The van der Waals surface area contributed by atoms with E-state index in [9.17, 15) is 9.18 Å². The summed E-state index contributed by atoms with van der Waals surface area (Å²) in [5.41, 5.74) is 2.58. The summed E-state index contributed by atoms with van der Waals surface area (Å²) in [6.45, 7) is 5.58. The molecule has 0 fully saturated rings. The lowest BCUT2D eigenvalue weighted by molar-refractivity contribution is 0.162. The first-order valence-electron chi connectivity index (χ1n) is 8.20. The first kappa shape index (κ1) is 17.0. The van der Waals surface area contributed by atoms with E-state index in [1.807, 2.05) is 4.90 Å². The number of aromatic nitrogens is 1. The van der Waals surface area contributed by atoms with Gasteiger partial charge in [0, 0.05) is 29.0 Å². The van der Waals surface area contributed by atoms with Gasteiger partial charge < -0.3 is 14.8 Å². The number of carbonyl (C=O) groups is 1. The average Bonchev–Trinajstić information content (AvgIpc) is 2.92. The summed E-state index contributed by atoms with van der Waals surface area (Å²) < 4.78 is 16.9. The molecule has 0 unspecified atom stereocenters. The first-order valence-corrected chi connectivity index (χ1v) is 8.99. The van der Waals surface area contributed by atoms with Crippen LogP contribution in [0.5, 0.6) is 0 Å². The van der Waals surface area contributed by atoms with Gasteiger partial charge in [0.1, 0.15) is 5.82 Å². The number of carbonyl (C=O) groups excluding carboxylic acids is 1. The van der Waals surface area contributed by atoms with Crippen LogP contribution in [0.25, 0.3) is 0 Å². The Labute approximate surface area is 149 Å². The molecule has 1 aliphatic rings. The van der Waals surface area contributed by atoms with E-state index >= 15 is 0 Å². The van der Waals surface area contributed by atoms with E-state index in [0.29, 0.717) is 11.0 Å². The van der Waals surface area contributed by atoms with E-state index in [0.717, 1.165) is 25.1 Å². The predicted octanol–water partition coefficient (Wildman–Crippen LogP) is 5.09. The number of urea groups is 1. The number of fused-ring (bicyclic) bond motifs is 1. The zero-order valence-corrected chi connectivity index (χ0v) is 15.4. The van der Waals surface area contributed by atoms with E-state index in [1.165, 1.54) is 11.8 Å². The summed E-state index contributed by atoms with van der Waals surface area (Å²) in [6, 6.07) is 8.60. The highest BCUT2D eigenvalue weighted by Gasteiger charge is 2.31. The average molecular weight is 394 g/mol. The fourth-order valence-corrected chi connectivity index (χ4v) is 3.64. The van der Waals surface area contributed by atoms with Gasteiger partial charge in [-0.05, 0) is 43.7 Å². The lowest BCUT2D eigenvalue weighted by atomic mass is 10.0. The summed E-state index contributed by atoms with van der Waals surface area (Å²) in [7, 11) is 0. The van der Waals surface area contributed by atoms with Crippen LogP contribution in [0.3, 0.4) is 0 Å². The Morgan fingerprint density at radius 1 is 1.33 bits per heavy atom. The van der Waals surface area contributed by atoms with Crippen molar-refractivity contribution >= 4 is 27.6 Å². The second kappa shape index (κ2) is 6.97. The zero-order valence-electron chi connectivity index (χ0n) is 13.9. The SMILES string of the molecule is CCC[C@@H]1c2ccc(C)n2CCN1C(=O)Nc1ccc(Br)cc1F. The molecule has 4 nitrogen and oxygen atoms in total. The topological polar surface area (TPSA) is 37.3 Å². The number of aryl methyl sites for hydroxylation is 1. The van der Waals surface area contributed by atoms with Crippen molar-refractivity contribution in [3.63, 3.8) is 0 Å². The Balaban J connectivity index is 1.83. The number of halogens is 2. The molecular formula is C18H21BrFN3O. The molecule has 0 radical (unpaired) electrons. The molecule has 0 bridgehead atoms. The lowest BCUT2D eigenvalue weighted by Gasteiger charge is -2.37. The van der Waals surface area contributed by atoms with Crippen molar-refractivity contribution in [2.45, 2.75) is 39.3 Å². The van der Waals surface area contributed by atoms with Crippen LogP contribution in [0.15, 0.2) is 34.8 Å². The predicted molar refractivity (Wildman–Crippen MR) is 96.6 cm³/mol. The first-order chi connectivity index (χ1) is 11.5. The Morgan fingerprint density at radius 3 is 2.83 bits per heavy atom. The maximum absolute atomic E-state index is 14.0. The molecular weight excluding hydrogens is 373 g/mol. The fraction of sp³-hybridized carbons (Fsp3) is 0.389. The highest BCUT2D eigenvalue weighted by Crippen LogP contribution is 2.32. The van der Waals surface area contributed by atoms with Crippen molar-refractivity contribution < 1.29 is 9.18 Å². The third-order valence-electron chi connectivity index (χ3n) is 4.51. The minimum Gasteiger partial charge on any atom is -0.345 e. The number of nitrogens with one attached hydrogen (secondary N) is 1. The highest BCUT2D eigenvalue weighted by molar-refractivity contribution is 9.10. The molecule has 0 saturated heterocycles. The smallest absolute Gasteiger partial charge is 0.322 e. The Hall–Kier alpha value is -1.82. The molecule has 1 aliphatic heterocycles. The Kier molecular flexibility index (Phi) is 4.94. The van der Waals surface area contributed by atoms with Gasteiger partial charge in [-0.15, -0.1) is 0 Å². The molecule has 6 heteroatoms. The minimum absolute atomic E-state index is 0.0240. The molecule has 2 aromatic rings. The summed E-state index contributed by atoms with van der Waals surface area (Å²) in [4.78, 5) is 14.6. The third-order valence-corrected chi connectivity index (χ3v) is 5.00. The highest BCUT2D eigenvalue weighted by atomic mass is 79.9. The number of anilines is 1. The summed E-state index contributed by atoms with van der Waals surface area (Å²) in [5, 5.41) is 2.72. The molecule has 0 spiro atoms. The van der Waals surface area contributed by atoms with E-state index in [2.05, 4.69) is 51.8 Å². The van der Waals surface area contributed by atoms with Crippen molar-refractivity contribution in [2.24, 2.45) is 0 Å². The molecule has 1 N–H and O–H groups in total. The van der Waals surface area contributed by atoms with Gasteiger partial charge in [-0.1, -0.05) is 29.3 Å². The van der Waals surface area contributed by atoms with Gasteiger partial charge in [-0.3, -0.25) is 0 Å². The van der Waals surface area contributed by atoms with Crippen molar-refractivity contribution in [3.8, 4) is 0 Å². The minimum atomic E-state index is -0.444. The quantitative estimate of drug-likeness (QED) is 0.774.